The molecule has 4 rings (SSSR count). The molecule has 0 unspecified atom stereocenters. The van der Waals surface area contributed by atoms with E-state index >= 15 is 0 Å². The Kier molecular flexibility index (Phi) is 9.64. The van der Waals surface area contributed by atoms with Crippen molar-refractivity contribution < 1.29 is 38.9 Å². The van der Waals surface area contributed by atoms with Gasteiger partial charge in [0, 0.05) is 0 Å². The van der Waals surface area contributed by atoms with Crippen LogP contribution in [-0.4, -0.2) is 47.2 Å². The van der Waals surface area contributed by atoms with Crippen molar-refractivity contribution in [1.82, 2.24) is 0 Å². The minimum atomic E-state index is -1.32. The Morgan fingerprint density at radius 1 is 0.595 bits per heavy atom. The number of carboxylic acid groups (broad SMARTS) is 2. The monoisotopic (exact) mass is 608 g/mol. The summed E-state index contributed by atoms with van der Waals surface area (Å²) < 4.78 is 10.8. The molecule has 0 bridgehead atoms. The molecule has 42 heavy (non-hydrogen) atoms. The molecule has 0 atom stereocenters. The number of nitrogens with one attached hydrogen (secondary N) is 2. The minimum absolute atomic E-state index is 0.0138. The number of ether oxygens (including phenoxy) is 2. The van der Waals surface area contributed by atoms with Gasteiger partial charge >= 0.3 is 11.9 Å². The van der Waals surface area contributed by atoms with Gasteiger partial charge in [-0.2, -0.15) is 0 Å². The molecule has 0 aromatic heterocycles. The molecule has 0 aliphatic rings. The highest BCUT2D eigenvalue weighted by Crippen LogP contribution is 2.30. The maximum Gasteiger partial charge on any atom is 0.337 e. The lowest BCUT2D eigenvalue weighted by atomic mass is 9.99. The van der Waals surface area contributed by atoms with Crippen LogP contribution in [0.2, 0.25) is 10.0 Å². The topological polar surface area (TPSA) is 151 Å². The van der Waals surface area contributed by atoms with Crippen molar-refractivity contribution >= 4 is 58.3 Å². The minimum Gasteiger partial charge on any atom is -0.482 e. The van der Waals surface area contributed by atoms with E-state index in [4.69, 9.17) is 32.7 Å². The summed E-state index contributed by atoms with van der Waals surface area (Å²) in [5.74, 6) is -3.27. The predicted octanol–water partition coefficient (Wildman–Crippen LogP) is 6.09. The van der Waals surface area contributed by atoms with E-state index in [0.29, 0.717) is 32.7 Å². The maximum atomic E-state index is 12.4. The van der Waals surface area contributed by atoms with Gasteiger partial charge in [-0.05, 0) is 59.7 Å². The van der Waals surface area contributed by atoms with Gasteiger partial charge in [-0.15, -0.1) is 0 Å². The first-order chi connectivity index (χ1) is 20.1. The molecule has 2 amide bonds. The largest absolute Gasteiger partial charge is 0.482 e. The lowest BCUT2D eigenvalue weighted by molar-refractivity contribution is -0.118. The summed E-state index contributed by atoms with van der Waals surface area (Å²) in [4.78, 5) is 48.8. The van der Waals surface area contributed by atoms with Gasteiger partial charge in [0.05, 0.1) is 32.5 Å². The molecule has 4 aromatic rings. The van der Waals surface area contributed by atoms with Gasteiger partial charge in [-0.3, -0.25) is 9.59 Å². The van der Waals surface area contributed by atoms with E-state index in [1.807, 2.05) is 0 Å². The van der Waals surface area contributed by atoms with Crippen molar-refractivity contribution in [2.24, 2.45) is 0 Å². The third-order valence-electron chi connectivity index (χ3n) is 5.77. The SMILES string of the molecule is O=C(COc1ccccc1Cl)Nc1ccc(-c2ccc(NC(=O)COc3ccccc3Cl)c(C(=O)O)c2)cc1C(=O)O. The van der Waals surface area contributed by atoms with Gasteiger partial charge in [0.2, 0.25) is 0 Å². The van der Waals surface area contributed by atoms with Gasteiger partial charge in [0.15, 0.2) is 13.2 Å². The number of benzene rings is 4. The van der Waals surface area contributed by atoms with Crippen LogP contribution >= 0.6 is 23.2 Å². The zero-order valence-corrected chi connectivity index (χ0v) is 23.1. The Hall–Kier alpha value is -5.06. The summed E-state index contributed by atoms with van der Waals surface area (Å²) in [6.07, 6.45) is 0. The van der Waals surface area contributed by atoms with Crippen LogP contribution in [0.25, 0.3) is 11.1 Å². The Morgan fingerprint density at radius 2 is 0.976 bits per heavy atom. The molecule has 0 spiro atoms. The van der Waals surface area contributed by atoms with Gasteiger partial charge in [-0.25, -0.2) is 9.59 Å². The van der Waals surface area contributed by atoms with E-state index < -0.39 is 37.0 Å². The normalized spacial score (nSPS) is 10.4. The molecule has 0 saturated carbocycles. The second-order valence-corrected chi connectivity index (χ2v) is 9.48. The molecule has 214 valence electrons. The van der Waals surface area contributed by atoms with Crippen molar-refractivity contribution in [3.8, 4) is 22.6 Å². The summed E-state index contributed by atoms with van der Waals surface area (Å²) >= 11 is 12.0. The van der Waals surface area contributed by atoms with Crippen molar-refractivity contribution in [3.63, 3.8) is 0 Å². The Morgan fingerprint density at radius 3 is 1.33 bits per heavy atom. The molecule has 0 fully saturated rings. The fourth-order valence-electron chi connectivity index (χ4n) is 3.80. The number of carboxylic acids is 2. The second kappa shape index (κ2) is 13.5. The first-order valence-electron chi connectivity index (χ1n) is 12.2. The fraction of sp³-hybridized carbons (Fsp3) is 0.0667. The maximum absolute atomic E-state index is 12.4. The smallest absolute Gasteiger partial charge is 0.337 e. The van der Waals surface area contributed by atoms with Crippen LogP contribution in [0.1, 0.15) is 20.7 Å². The van der Waals surface area contributed by atoms with Crippen LogP contribution in [0.3, 0.4) is 0 Å². The molecule has 0 saturated heterocycles. The molecule has 0 heterocycles. The van der Waals surface area contributed by atoms with Crippen molar-refractivity contribution in [1.29, 1.82) is 0 Å². The summed E-state index contributed by atoms with van der Waals surface area (Å²) in [6.45, 7) is -0.827. The fourth-order valence-corrected chi connectivity index (χ4v) is 4.18. The quantitative estimate of drug-likeness (QED) is 0.160. The number of hydrogen-bond donors (Lipinski definition) is 4. The number of para-hydroxylation sites is 2. The first kappa shape index (κ1) is 29.9. The van der Waals surface area contributed by atoms with Crippen LogP contribution in [0.5, 0.6) is 11.5 Å². The zero-order chi connectivity index (χ0) is 30.2. The highest BCUT2D eigenvalue weighted by atomic mass is 35.5. The van der Waals surface area contributed by atoms with E-state index in [-0.39, 0.29) is 22.5 Å². The van der Waals surface area contributed by atoms with Crippen LogP contribution in [0, 0.1) is 0 Å². The molecule has 10 nitrogen and oxygen atoms in total. The molecule has 0 aliphatic heterocycles. The number of hydrogen-bond acceptors (Lipinski definition) is 6. The average Bonchev–Trinajstić information content (AvgIpc) is 2.96. The van der Waals surface area contributed by atoms with E-state index in [9.17, 15) is 29.4 Å². The van der Waals surface area contributed by atoms with Crippen molar-refractivity contribution in [2.45, 2.75) is 0 Å². The molecule has 0 aliphatic carbocycles. The zero-order valence-electron chi connectivity index (χ0n) is 21.6. The standard InChI is InChI=1S/C30H22Cl2N2O8/c31-21-5-1-3-7-25(21)41-15-27(35)33-23-11-9-17(13-19(23)29(37)38)18-10-12-24(20(14-18)30(39)40)34-28(36)16-42-26-8-4-2-6-22(26)32/h1-14H,15-16H2,(H,33,35)(H,34,36)(H,37,38)(H,39,40). The third kappa shape index (κ3) is 7.57. The number of halogens is 2. The molecule has 12 heteroatoms. The Balaban J connectivity index is 1.49. The number of carbonyl (C=O) groups excluding carboxylic acids is 2. The van der Waals surface area contributed by atoms with Crippen molar-refractivity contribution in [3.05, 3.63) is 106 Å². The average molecular weight is 609 g/mol. The van der Waals surface area contributed by atoms with E-state index in [0.717, 1.165) is 0 Å². The molecule has 4 aromatic carbocycles. The third-order valence-corrected chi connectivity index (χ3v) is 6.40. The molecular weight excluding hydrogens is 587 g/mol. The summed E-state index contributed by atoms with van der Waals surface area (Å²) in [6, 6.07) is 21.6. The highest BCUT2D eigenvalue weighted by molar-refractivity contribution is 6.32. The Bertz CT molecular complexity index is 1550. The number of aromatic carboxylic acids is 2. The van der Waals surface area contributed by atoms with Crippen LogP contribution in [0.15, 0.2) is 84.9 Å². The lowest BCUT2D eigenvalue weighted by Crippen LogP contribution is -2.22. The lowest BCUT2D eigenvalue weighted by Gasteiger charge is -2.14. The predicted molar refractivity (Wildman–Crippen MR) is 157 cm³/mol. The van der Waals surface area contributed by atoms with Crippen LogP contribution in [-0.2, 0) is 9.59 Å². The molecule has 4 N–H and O–H groups in total. The Labute approximate surface area is 249 Å². The molecule has 0 radical (unpaired) electrons. The van der Waals surface area contributed by atoms with Gasteiger partial charge in [-0.1, -0.05) is 59.6 Å². The van der Waals surface area contributed by atoms with Gasteiger partial charge in [0.1, 0.15) is 11.5 Å². The number of carbonyl (C=O) groups is 4. The first-order valence-corrected chi connectivity index (χ1v) is 13.0. The van der Waals surface area contributed by atoms with Gasteiger partial charge in [0.25, 0.3) is 11.8 Å². The number of anilines is 2. The summed E-state index contributed by atoms with van der Waals surface area (Å²) in [7, 11) is 0. The van der Waals surface area contributed by atoms with Crippen molar-refractivity contribution in [2.75, 3.05) is 23.8 Å². The van der Waals surface area contributed by atoms with Crippen LogP contribution < -0.4 is 20.1 Å². The number of amides is 2. The summed E-state index contributed by atoms with van der Waals surface area (Å²) in [5, 5.41) is 25.2. The van der Waals surface area contributed by atoms with Crippen LogP contribution in [0.4, 0.5) is 11.4 Å². The number of rotatable bonds is 11. The van der Waals surface area contributed by atoms with E-state index in [2.05, 4.69) is 10.6 Å². The summed E-state index contributed by atoms with van der Waals surface area (Å²) in [5.41, 5.74) is 0.286. The van der Waals surface area contributed by atoms with E-state index in [1.54, 1.807) is 48.5 Å². The second-order valence-electron chi connectivity index (χ2n) is 8.67. The van der Waals surface area contributed by atoms with Gasteiger partial charge < -0.3 is 30.3 Å². The molecular formula is C30H22Cl2N2O8. The van der Waals surface area contributed by atoms with E-state index in [1.165, 1.54) is 36.4 Å². The highest BCUT2D eigenvalue weighted by Gasteiger charge is 2.18.